The van der Waals surface area contributed by atoms with Crippen LogP contribution in [0.4, 0.5) is 13.2 Å². The van der Waals surface area contributed by atoms with Crippen LogP contribution in [0.3, 0.4) is 0 Å². The minimum Gasteiger partial charge on any atom is -0.434 e. The number of benzene rings is 2. The molecule has 1 aromatic heterocycles. The van der Waals surface area contributed by atoms with Crippen molar-refractivity contribution in [3.05, 3.63) is 71.7 Å². The van der Waals surface area contributed by atoms with Gasteiger partial charge in [0.25, 0.3) is 0 Å². The van der Waals surface area contributed by atoms with Crippen molar-refractivity contribution in [2.75, 3.05) is 6.54 Å². The zero-order valence-electron chi connectivity index (χ0n) is 16.2. The summed E-state index contributed by atoms with van der Waals surface area (Å²) in [6.07, 6.45) is 1.72. The minimum absolute atomic E-state index is 0. The Bertz CT molecular complexity index is 996. The van der Waals surface area contributed by atoms with Gasteiger partial charge < -0.3 is 15.4 Å². The van der Waals surface area contributed by atoms with E-state index < -0.39 is 12.4 Å². The summed E-state index contributed by atoms with van der Waals surface area (Å²) in [5, 5.41) is 7.03. The smallest absolute Gasteiger partial charge is 0.387 e. The van der Waals surface area contributed by atoms with E-state index in [0.717, 1.165) is 16.5 Å². The molecule has 3 aromatic rings. The van der Waals surface area contributed by atoms with Crippen LogP contribution in [-0.4, -0.2) is 24.1 Å². The largest absolute Gasteiger partial charge is 0.434 e. The van der Waals surface area contributed by atoms with Crippen LogP contribution >= 0.6 is 24.0 Å². The minimum atomic E-state index is -3.03. The molecule has 2 aromatic carbocycles. The van der Waals surface area contributed by atoms with E-state index in [-0.39, 0.29) is 41.8 Å². The maximum absolute atomic E-state index is 14.1. The maximum Gasteiger partial charge on any atom is 0.387 e. The van der Waals surface area contributed by atoms with E-state index in [1.807, 2.05) is 37.3 Å². The second kappa shape index (κ2) is 11.6. The Morgan fingerprint density at radius 3 is 2.67 bits per heavy atom. The number of aromatic nitrogens is 1. The summed E-state index contributed by atoms with van der Waals surface area (Å²) in [6.45, 7) is -0.237. The first kappa shape index (κ1) is 23.7. The zero-order chi connectivity index (χ0) is 20.6. The molecule has 0 bridgehead atoms. The predicted octanol–water partition coefficient (Wildman–Crippen LogP) is 4.85. The number of guanidine groups is 1. The van der Waals surface area contributed by atoms with E-state index in [2.05, 4.69) is 25.3 Å². The van der Waals surface area contributed by atoms with Crippen molar-refractivity contribution in [1.29, 1.82) is 0 Å². The van der Waals surface area contributed by atoms with Gasteiger partial charge in [0.2, 0.25) is 0 Å². The van der Waals surface area contributed by atoms with Crippen molar-refractivity contribution in [2.45, 2.75) is 26.6 Å². The molecule has 0 amide bonds. The maximum atomic E-state index is 14.1. The molecule has 0 aliphatic rings. The summed E-state index contributed by atoms with van der Waals surface area (Å²) in [5.41, 5.74) is 1.87. The highest BCUT2D eigenvalue weighted by Gasteiger charge is 2.14. The van der Waals surface area contributed by atoms with Crippen LogP contribution in [-0.2, 0) is 13.1 Å². The van der Waals surface area contributed by atoms with Gasteiger partial charge in [0.15, 0.2) is 5.96 Å². The van der Waals surface area contributed by atoms with Gasteiger partial charge in [-0.05, 0) is 36.8 Å². The fourth-order valence-corrected chi connectivity index (χ4v) is 2.89. The van der Waals surface area contributed by atoms with Gasteiger partial charge in [0.1, 0.15) is 11.6 Å². The molecular weight excluding hydrogens is 508 g/mol. The lowest BCUT2D eigenvalue weighted by Crippen LogP contribution is -2.37. The average molecular weight is 530 g/mol. The van der Waals surface area contributed by atoms with Crippen molar-refractivity contribution in [2.24, 2.45) is 4.99 Å². The molecule has 0 saturated heterocycles. The third-order valence-corrected chi connectivity index (χ3v) is 4.22. The number of ether oxygens (including phenoxy) is 1. The third-order valence-electron chi connectivity index (χ3n) is 4.22. The molecule has 2 N–H and O–H groups in total. The van der Waals surface area contributed by atoms with Crippen LogP contribution in [0.1, 0.15) is 18.1 Å². The van der Waals surface area contributed by atoms with Crippen LogP contribution in [0.25, 0.3) is 10.9 Å². The number of pyridine rings is 1. The first-order valence-corrected chi connectivity index (χ1v) is 9.15. The lowest BCUT2D eigenvalue weighted by molar-refractivity contribution is -0.0506. The van der Waals surface area contributed by atoms with Gasteiger partial charge in [-0.3, -0.25) is 4.98 Å². The lowest BCUT2D eigenvalue weighted by Gasteiger charge is -2.15. The van der Waals surface area contributed by atoms with E-state index in [9.17, 15) is 13.2 Å². The number of aliphatic imine (C=N–C) groups is 1. The van der Waals surface area contributed by atoms with Crippen LogP contribution in [0, 0.1) is 5.82 Å². The van der Waals surface area contributed by atoms with Crippen molar-refractivity contribution < 1.29 is 17.9 Å². The van der Waals surface area contributed by atoms with Gasteiger partial charge in [-0.1, -0.05) is 24.3 Å². The molecule has 5 nitrogen and oxygen atoms in total. The summed E-state index contributed by atoms with van der Waals surface area (Å²) in [7, 11) is 0. The zero-order valence-corrected chi connectivity index (χ0v) is 18.6. The first-order valence-electron chi connectivity index (χ1n) is 9.15. The molecule has 0 spiro atoms. The highest BCUT2D eigenvalue weighted by atomic mass is 127. The van der Waals surface area contributed by atoms with Crippen molar-refractivity contribution in [1.82, 2.24) is 15.6 Å². The van der Waals surface area contributed by atoms with E-state index in [1.165, 1.54) is 18.2 Å². The second-order valence-electron chi connectivity index (χ2n) is 6.13. The molecule has 9 heteroatoms. The molecule has 0 aliphatic carbocycles. The number of hydrogen-bond donors (Lipinski definition) is 2. The average Bonchev–Trinajstić information content (AvgIpc) is 2.71. The SMILES string of the molecule is CCNC(=NCc1ccnc2ccccc12)NCc1c(F)cccc1OC(F)F.I. The number of para-hydroxylation sites is 1. The van der Waals surface area contributed by atoms with Gasteiger partial charge in [-0.2, -0.15) is 8.78 Å². The number of fused-ring (bicyclic) bond motifs is 1. The fraction of sp³-hybridized carbons (Fsp3) is 0.238. The van der Waals surface area contributed by atoms with E-state index in [1.54, 1.807) is 6.20 Å². The standard InChI is InChI=1S/C21H21F3N4O.HI/c1-2-25-21(27-12-14-10-11-26-18-8-4-3-6-15(14)18)28-13-16-17(22)7-5-9-19(16)29-20(23)24;/h3-11,20H,2,12-13H2,1H3,(H2,25,27,28);1H. The Hall–Kier alpha value is -2.56. The number of halogens is 4. The van der Waals surface area contributed by atoms with Crippen LogP contribution < -0.4 is 15.4 Å². The molecular formula is C21H22F3IN4O. The molecule has 30 heavy (non-hydrogen) atoms. The molecule has 160 valence electrons. The number of rotatable bonds is 7. The fourth-order valence-electron chi connectivity index (χ4n) is 2.89. The highest BCUT2D eigenvalue weighted by molar-refractivity contribution is 14.0. The molecule has 0 fully saturated rings. The molecule has 3 rings (SSSR count). The third kappa shape index (κ3) is 6.22. The van der Waals surface area contributed by atoms with Crippen molar-refractivity contribution in [3.8, 4) is 5.75 Å². The summed E-state index contributed by atoms with van der Waals surface area (Å²) < 4.78 is 43.7. The predicted molar refractivity (Wildman–Crippen MR) is 122 cm³/mol. The normalized spacial score (nSPS) is 11.3. The Morgan fingerprint density at radius 2 is 1.90 bits per heavy atom. The van der Waals surface area contributed by atoms with Crippen LogP contribution in [0.5, 0.6) is 5.75 Å². The molecule has 0 aliphatic heterocycles. The van der Waals surface area contributed by atoms with E-state index >= 15 is 0 Å². The summed E-state index contributed by atoms with van der Waals surface area (Å²) in [5.74, 6) is -0.408. The van der Waals surface area contributed by atoms with E-state index in [4.69, 9.17) is 0 Å². The van der Waals surface area contributed by atoms with Gasteiger partial charge in [-0.15, -0.1) is 24.0 Å². The topological polar surface area (TPSA) is 58.5 Å². The number of nitrogens with zero attached hydrogens (tertiary/aromatic N) is 2. The number of alkyl halides is 2. The number of nitrogens with one attached hydrogen (secondary N) is 2. The van der Waals surface area contributed by atoms with Crippen molar-refractivity contribution >= 4 is 40.8 Å². The first-order chi connectivity index (χ1) is 14.1. The Morgan fingerprint density at radius 1 is 1.10 bits per heavy atom. The Balaban J connectivity index is 0.00000320. The second-order valence-corrected chi connectivity index (χ2v) is 6.13. The van der Waals surface area contributed by atoms with Crippen molar-refractivity contribution in [3.63, 3.8) is 0 Å². The van der Waals surface area contributed by atoms with Gasteiger partial charge in [0, 0.05) is 30.2 Å². The monoisotopic (exact) mass is 530 g/mol. The number of hydrogen-bond acceptors (Lipinski definition) is 3. The van der Waals surface area contributed by atoms with E-state index in [0.29, 0.717) is 19.0 Å². The summed E-state index contributed by atoms with van der Waals surface area (Å²) in [4.78, 5) is 8.85. The van der Waals surface area contributed by atoms with Crippen LogP contribution in [0.15, 0.2) is 59.7 Å². The van der Waals surface area contributed by atoms with Gasteiger partial charge >= 0.3 is 6.61 Å². The summed E-state index contributed by atoms with van der Waals surface area (Å²) in [6, 6.07) is 13.5. The molecule has 1 heterocycles. The van der Waals surface area contributed by atoms with Crippen LogP contribution in [0.2, 0.25) is 0 Å². The molecule has 0 radical (unpaired) electrons. The molecule has 0 atom stereocenters. The Labute approximate surface area is 189 Å². The van der Waals surface area contributed by atoms with Gasteiger partial charge in [-0.25, -0.2) is 9.38 Å². The highest BCUT2D eigenvalue weighted by Crippen LogP contribution is 2.23. The molecule has 0 saturated carbocycles. The Kier molecular flexibility index (Phi) is 9.15. The lowest BCUT2D eigenvalue weighted by atomic mass is 10.1. The van der Waals surface area contributed by atoms with Gasteiger partial charge in [0.05, 0.1) is 12.1 Å². The molecule has 0 unspecified atom stereocenters. The quantitative estimate of drug-likeness (QED) is 0.261. The summed E-state index contributed by atoms with van der Waals surface area (Å²) >= 11 is 0.